The zero-order valence-corrected chi connectivity index (χ0v) is 15.9. The van der Waals surface area contributed by atoms with Crippen LogP contribution in [0.3, 0.4) is 0 Å². The lowest BCUT2D eigenvalue weighted by molar-refractivity contribution is 0.0392. The molecular formula is C19H20F2N6O3. The first-order valence-corrected chi connectivity index (χ1v) is 9.42. The molecule has 11 heteroatoms. The van der Waals surface area contributed by atoms with Gasteiger partial charge in [0.15, 0.2) is 11.3 Å². The summed E-state index contributed by atoms with van der Waals surface area (Å²) in [6.45, 7) is 1.52. The maximum absolute atomic E-state index is 14.0. The van der Waals surface area contributed by atoms with E-state index in [0.717, 1.165) is 18.2 Å². The van der Waals surface area contributed by atoms with Crippen molar-refractivity contribution >= 4 is 22.8 Å². The van der Waals surface area contributed by atoms with Crippen LogP contribution in [0.2, 0.25) is 0 Å². The molecule has 2 aromatic heterocycles. The molecule has 2 heterocycles. The lowest BCUT2D eigenvalue weighted by atomic mass is 10.1. The van der Waals surface area contributed by atoms with E-state index in [2.05, 4.69) is 30.8 Å². The first-order chi connectivity index (χ1) is 14.3. The van der Waals surface area contributed by atoms with E-state index in [4.69, 9.17) is 0 Å². The third-order valence-electron chi connectivity index (χ3n) is 5.25. The van der Waals surface area contributed by atoms with Crippen LogP contribution in [0.1, 0.15) is 41.9 Å². The van der Waals surface area contributed by atoms with E-state index in [9.17, 15) is 23.8 Å². The summed E-state index contributed by atoms with van der Waals surface area (Å²) in [5, 5.41) is 32.4. The van der Waals surface area contributed by atoms with Gasteiger partial charge in [0, 0.05) is 5.56 Å². The zero-order chi connectivity index (χ0) is 21.4. The van der Waals surface area contributed by atoms with Gasteiger partial charge in [0.2, 0.25) is 0 Å². The molecule has 0 bridgehead atoms. The number of H-pyrrole nitrogens is 1. The van der Waals surface area contributed by atoms with Crippen LogP contribution in [0.5, 0.6) is 0 Å². The fourth-order valence-electron chi connectivity index (χ4n) is 3.62. The molecule has 1 saturated carbocycles. The first kappa shape index (κ1) is 20.1. The molecule has 0 radical (unpaired) electrons. The number of amides is 1. The van der Waals surface area contributed by atoms with E-state index in [0.29, 0.717) is 12.8 Å². The summed E-state index contributed by atoms with van der Waals surface area (Å²) in [6, 6.07) is 1.73. The Morgan fingerprint density at radius 1 is 1.27 bits per heavy atom. The minimum atomic E-state index is -0.977. The minimum absolute atomic E-state index is 0.000792. The minimum Gasteiger partial charge on any atom is -0.390 e. The predicted molar refractivity (Wildman–Crippen MR) is 103 cm³/mol. The number of rotatable bonds is 5. The molecule has 158 valence electrons. The van der Waals surface area contributed by atoms with Crippen molar-refractivity contribution in [1.82, 2.24) is 25.5 Å². The number of nitrogens with one attached hydrogen (secondary N) is 3. The Hall–Kier alpha value is -3.18. The summed E-state index contributed by atoms with van der Waals surface area (Å²) in [5.41, 5.74) is 0.251. The van der Waals surface area contributed by atoms with E-state index in [1.807, 2.05) is 0 Å². The third-order valence-corrected chi connectivity index (χ3v) is 5.25. The van der Waals surface area contributed by atoms with Crippen molar-refractivity contribution in [1.29, 1.82) is 0 Å². The van der Waals surface area contributed by atoms with Crippen molar-refractivity contribution in [3.63, 3.8) is 0 Å². The molecule has 1 aromatic carbocycles. The number of aliphatic hydroxyl groups excluding tert-OH is 2. The molecular weight excluding hydrogens is 398 g/mol. The highest BCUT2D eigenvalue weighted by Crippen LogP contribution is 2.28. The van der Waals surface area contributed by atoms with Crippen LogP contribution in [0.15, 0.2) is 24.5 Å². The van der Waals surface area contributed by atoms with Gasteiger partial charge >= 0.3 is 0 Å². The maximum atomic E-state index is 14.0. The van der Waals surface area contributed by atoms with Crippen LogP contribution in [0.4, 0.5) is 14.6 Å². The summed E-state index contributed by atoms with van der Waals surface area (Å²) in [5.74, 6) is -1.63. The topological polar surface area (TPSA) is 136 Å². The summed E-state index contributed by atoms with van der Waals surface area (Å²) in [4.78, 5) is 21.0. The second-order valence-corrected chi connectivity index (χ2v) is 7.27. The van der Waals surface area contributed by atoms with Gasteiger partial charge in [-0.25, -0.2) is 18.7 Å². The van der Waals surface area contributed by atoms with Crippen molar-refractivity contribution in [3.8, 4) is 0 Å². The zero-order valence-electron chi connectivity index (χ0n) is 15.9. The van der Waals surface area contributed by atoms with E-state index in [1.54, 1.807) is 0 Å². The Bertz CT molecular complexity index is 1090. The Balaban J connectivity index is 1.61. The summed E-state index contributed by atoms with van der Waals surface area (Å²) >= 11 is 0. The monoisotopic (exact) mass is 418 g/mol. The number of carbonyl (C=O) groups is 1. The average molecular weight is 418 g/mol. The van der Waals surface area contributed by atoms with Crippen molar-refractivity contribution in [2.24, 2.45) is 0 Å². The normalized spacial score (nSPS) is 22.2. The van der Waals surface area contributed by atoms with Crippen LogP contribution in [0.25, 0.3) is 11.0 Å². The number of benzene rings is 1. The predicted octanol–water partition coefficient (Wildman–Crippen LogP) is 1.42. The number of aromatic amines is 1. The number of anilines is 1. The van der Waals surface area contributed by atoms with Crippen LogP contribution in [-0.4, -0.2) is 54.5 Å². The molecule has 0 aliphatic heterocycles. The lowest BCUT2D eigenvalue weighted by Crippen LogP contribution is -2.34. The molecule has 4 atom stereocenters. The molecule has 9 nitrogen and oxygen atoms in total. The summed E-state index contributed by atoms with van der Waals surface area (Å²) in [6.07, 6.45) is 0.405. The smallest absolute Gasteiger partial charge is 0.273 e. The molecule has 1 amide bonds. The number of aromatic nitrogens is 4. The van der Waals surface area contributed by atoms with Gasteiger partial charge in [-0.2, -0.15) is 5.10 Å². The fourth-order valence-corrected chi connectivity index (χ4v) is 3.62. The van der Waals surface area contributed by atoms with Gasteiger partial charge in [0.05, 0.1) is 29.7 Å². The number of hydrogen-bond acceptors (Lipinski definition) is 7. The quantitative estimate of drug-likeness (QED) is 0.423. The highest BCUT2D eigenvalue weighted by atomic mass is 19.1. The Morgan fingerprint density at radius 3 is 2.80 bits per heavy atom. The fraction of sp³-hybridized carbons (Fsp3) is 0.368. The Labute approximate surface area is 169 Å². The first-order valence-electron chi connectivity index (χ1n) is 9.42. The van der Waals surface area contributed by atoms with E-state index in [1.165, 1.54) is 13.3 Å². The second-order valence-electron chi connectivity index (χ2n) is 7.27. The Morgan fingerprint density at radius 2 is 2.07 bits per heavy atom. The van der Waals surface area contributed by atoms with Crippen LogP contribution >= 0.6 is 0 Å². The number of fused-ring (bicyclic) bond motifs is 1. The number of aliphatic hydroxyl groups is 2. The molecule has 0 spiro atoms. The highest BCUT2D eigenvalue weighted by Gasteiger charge is 2.34. The van der Waals surface area contributed by atoms with Gasteiger partial charge in [-0.05, 0) is 38.0 Å². The van der Waals surface area contributed by atoms with E-state index in [-0.39, 0.29) is 28.1 Å². The molecule has 4 rings (SSSR count). The van der Waals surface area contributed by atoms with Gasteiger partial charge in [-0.15, -0.1) is 0 Å². The largest absolute Gasteiger partial charge is 0.390 e. The average Bonchev–Trinajstić information content (AvgIpc) is 3.29. The molecule has 0 saturated heterocycles. The van der Waals surface area contributed by atoms with Gasteiger partial charge in [-0.3, -0.25) is 9.89 Å². The van der Waals surface area contributed by atoms with E-state index < -0.39 is 41.8 Å². The third kappa shape index (κ3) is 3.68. The van der Waals surface area contributed by atoms with Crippen molar-refractivity contribution < 1.29 is 23.8 Å². The highest BCUT2D eigenvalue weighted by molar-refractivity contribution is 6.07. The van der Waals surface area contributed by atoms with Gasteiger partial charge in [0.1, 0.15) is 23.8 Å². The molecule has 5 N–H and O–H groups in total. The maximum Gasteiger partial charge on any atom is 0.273 e. The van der Waals surface area contributed by atoms with Crippen molar-refractivity contribution in [2.75, 3.05) is 5.32 Å². The van der Waals surface area contributed by atoms with Crippen LogP contribution in [0, 0.1) is 11.6 Å². The molecule has 1 aliphatic carbocycles. The number of carbonyl (C=O) groups excluding carboxylic acids is 1. The van der Waals surface area contributed by atoms with Gasteiger partial charge < -0.3 is 20.8 Å². The molecule has 30 heavy (non-hydrogen) atoms. The van der Waals surface area contributed by atoms with Crippen molar-refractivity contribution in [3.05, 3.63) is 47.4 Å². The number of halogens is 2. The number of hydrogen-bond donors (Lipinski definition) is 5. The Kier molecular flexibility index (Phi) is 5.31. The SMILES string of the molecule is C[C@@H](NC(=O)c1n[nH]c2ncnc(N[C@H]3CC[C@H](O)[C@@H]3O)c12)c1cc(F)ccc1F. The molecule has 1 fully saturated rings. The van der Waals surface area contributed by atoms with Crippen LogP contribution < -0.4 is 10.6 Å². The van der Waals surface area contributed by atoms with E-state index >= 15 is 0 Å². The molecule has 3 aromatic rings. The van der Waals surface area contributed by atoms with Gasteiger partial charge in [0.25, 0.3) is 5.91 Å². The molecule has 1 aliphatic rings. The summed E-state index contributed by atoms with van der Waals surface area (Å²) in [7, 11) is 0. The second kappa shape index (κ2) is 7.92. The molecule has 0 unspecified atom stereocenters. The lowest BCUT2D eigenvalue weighted by Gasteiger charge is -2.19. The van der Waals surface area contributed by atoms with Crippen molar-refractivity contribution in [2.45, 2.75) is 44.1 Å². The van der Waals surface area contributed by atoms with Crippen LogP contribution in [-0.2, 0) is 0 Å². The van der Waals surface area contributed by atoms with Gasteiger partial charge in [-0.1, -0.05) is 0 Å². The summed E-state index contributed by atoms with van der Waals surface area (Å²) < 4.78 is 27.5. The standard InChI is InChI=1S/C19H20F2N6O3/c1-8(10-6-9(20)2-3-11(10)21)24-19(30)15-14-17(22-7-23-18(14)27-26-15)25-12-4-5-13(28)16(12)29/h2-3,6-8,12-13,16,28-29H,4-5H2,1H3,(H,24,30)(H2,22,23,25,26,27)/t8-,12+,13+,16-/m1/s1. The number of nitrogens with zero attached hydrogens (tertiary/aromatic N) is 3.